The molecule has 1 aromatic heterocycles. The van der Waals surface area contributed by atoms with E-state index in [-0.39, 0.29) is 14.7 Å². The molecule has 0 aliphatic carbocycles. The number of nitrogens with one attached hydrogen (secondary N) is 2. The van der Waals surface area contributed by atoms with Gasteiger partial charge in [-0.2, -0.15) is 0 Å². The number of aromatic nitrogens is 2. The Balaban J connectivity index is 1.73. The van der Waals surface area contributed by atoms with E-state index in [1.54, 1.807) is 30.3 Å². The van der Waals surface area contributed by atoms with Gasteiger partial charge in [0.05, 0.1) is 3.92 Å². The van der Waals surface area contributed by atoms with Crippen LogP contribution in [0.15, 0.2) is 46.1 Å². The number of benzene rings is 1. The first kappa shape index (κ1) is 24.9. The van der Waals surface area contributed by atoms with Crippen molar-refractivity contribution < 1.29 is 28.5 Å². The molecule has 0 amide bonds. The summed E-state index contributed by atoms with van der Waals surface area (Å²) in [5, 5.41) is 11.5. The molecule has 11 nitrogen and oxygen atoms in total. The van der Waals surface area contributed by atoms with Gasteiger partial charge in [0.1, 0.15) is 23.0 Å². The highest BCUT2D eigenvalue weighted by Gasteiger charge is 2.39. The van der Waals surface area contributed by atoms with Gasteiger partial charge in [-0.05, 0) is 19.1 Å². The maximum absolute atomic E-state index is 13.4. The van der Waals surface area contributed by atoms with E-state index in [2.05, 4.69) is 32.7 Å². The summed E-state index contributed by atoms with van der Waals surface area (Å²) in [4.78, 5) is 36.9. The molecule has 1 saturated heterocycles. The third-order valence-electron chi connectivity index (χ3n) is 4.41. The maximum Gasteiger partial charge on any atom is 0.342 e. The van der Waals surface area contributed by atoms with Crippen molar-refractivity contribution in [1.29, 1.82) is 0 Å². The molecule has 0 radical (unpaired) electrons. The smallest absolute Gasteiger partial charge is 0.342 e. The van der Waals surface area contributed by atoms with E-state index in [1.807, 2.05) is 0 Å². The number of para-hydroxylation sites is 1. The monoisotopic (exact) mass is 599 g/mol. The summed E-state index contributed by atoms with van der Waals surface area (Å²) in [5.41, 5.74) is -1.40. The van der Waals surface area contributed by atoms with Gasteiger partial charge in [-0.15, -0.1) is 0 Å². The van der Waals surface area contributed by atoms with E-state index in [4.69, 9.17) is 25.6 Å². The first-order chi connectivity index (χ1) is 15.1. The molecule has 1 aliphatic heterocycles. The van der Waals surface area contributed by atoms with Crippen molar-refractivity contribution in [3.8, 4) is 5.75 Å². The molecule has 14 heteroatoms. The number of hydrogen-bond donors (Lipinski definition) is 3. The zero-order valence-corrected chi connectivity index (χ0v) is 20.5. The molecule has 1 unspecified atom stereocenters. The number of halogens is 2. The minimum Gasteiger partial charge on any atom is -0.480 e. The number of rotatable bonds is 9. The number of carboxylic acid groups (broad SMARTS) is 1. The van der Waals surface area contributed by atoms with Crippen LogP contribution in [0.3, 0.4) is 0 Å². The zero-order chi connectivity index (χ0) is 23.5. The SMILES string of the molecule is C[C@H](NP(=O)(CO[C@H]1O[C@@H](n2cc(Cl)c(=O)[nH]c2=O)C[C@@H]1I)Oc1ccccc1)C(=O)O. The van der Waals surface area contributed by atoms with Gasteiger partial charge in [0.15, 0.2) is 12.6 Å². The van der Waals surface area contributed by atoms with Crippen LogP contribution in [0.5, 0.6) is 5.75 Å². The van der Waals surface area contributed by atoms with E-state index in [0.717, 1.165) is 4.57 Å². The lowest BCUT2D eigenvalue weighted by Gasteiger charge is -2.24. The molecule has 1 aromatic carbocycles. The average molecular weight is 600 g/mol. The van der Waals surface area contributed by atoms with Crippen molar-refractivity contribution in [2.45, 2.75) is 35.8 Å². The highest BCUT2D eigenvalue weighted by Crippen LogP contribution is 2.45. The van der Waals surface area contributed by atoms with E-state index in [0.29, 0.717) is 6.42 Å². The molecule has 0 bridgehead atoms. The van der Waals surface area contributed by atoms with Gasteiger partial charge in [0.2, 0.25) is 0 Å². The summed E-state index contributed by atoms with van der Waals surface area (Å²) in [5.74, 6) is -0.935. The molecule has 2 aromatic rings. The van der Waals surface area contributed by atoms with E-state index >= 15 is 0 Å². The predicted molar refractivity (Wildman–Crippen MR) is 124 cm³/mol. The Hall–Kier alpha value is -1.70. The number of carbonyl (C=O) groups is 1. The number of nitrogens with zero attached hydrogens (tertiary/aromatic N) is 1. The Morgan fingerprint density at radius 3 is 2.78 bits per heavy atom. The lowest BCUT2D eigenvalue weighted by Crippen LogP contribution is -2.35. The Labute approximate surface area is 200 Å². The summed E-state index contributed by atoms with van der Waals surface area (Å²) in [6.07, 6.45) is -0.621. The third-order valence-corrected chi connectivity index (χ3v) is 7.55. The largest absolute Gasteiger partial charge is 0.480 e. The second kappa shape index (κ2) is 10.5. The van der Waals surface area contributed by atoms with Crippen molar-refractivity contribution in [2.75, 3.05) is 6.35 Å². The second-order valence-electron chi connectivity index (χ2n) is 6.92. The van der Waals surface area contributed by atoms with E-state index in [1.165, 1.54) is 13.1 Å². The molecule has 5 atom stereocenters. The first-order valence-corrected chi connectivity index (χ1v) is 12.8. The van der Waals surface area contributed by atoms with Crippen molar-refractivity contribution in [3.63, 3.8) is 0 Å². The summed E-state index contributed by atoms with van der Waals surface area (Å²) in [7, 11) is -3.82. The van der Waals surface area contributed by atoms with Crippen molar-refractivity contribution in [3.05, 3.63) is 62.4 Å². The molecule has 0 spiro atoms. The number of hydrogen-bond acceptors (Lipinski definition) is 7. The van der Waals surface area contributed by atoms with E-state index < -0.39 is 49.6 Å². The normalized spacial score (nSPS) is 23.4. The predicted octanol–water partition coefficient (Wildman–Crippen LogP) is 2.55. The number of carboxylic acids is 1. The molecule has 3 N–H and O–H groups in total. The van der Waals surface area contributed by atoms with Crippen molar-refractivity contribution in [1.82, 2.24) is 14.6 Å². The molecule has 2 heterocycles. The molecule has 1 fully saturated rings. The number of aromatic amines is 1. The van der Waals surface area contributed by atoms with Crippen LogP contribution < -0.4 is 20.9 Å². The van der Waals surface area contributed by atoms with E-state index in [9.17, 15) is 24.1 Å². The fraction of sp³-hybridized carbons (Fsp3) is 0.389. The van der Waals surface area contributed by atoms with Gasteiger partial charge >= 0.3 is 19.2 Å². The van der Waals surface area contributed by atoms with Crippen LogP contribution in [-0.4, -0.2) is 43.2 Å². The summed E-state index contributed by atoms with van der Waals surface area (Å²) >= 11 is 7.87. The summed E-state index contributed by atoms with van der Waals surface area (Å²) in [6.45, 7) is 1.33. The number of ether oxygens (including phenoxy) is 2. The molecule has 32 heavy (non-hydrogen) atoms. The molecule has 174 valence electrons. The summed E-state index contributed by atoms with van der Waals surface area (Å²) < 4.78 is 31.3. The molecule has 1 aliphatic rings. The van der Waals surface area contributed by atoms with Gasteiger partial charge in [-0.1, -0.05) is 52.4 Å². The zero-order valence-electron chi connectivity index (χ0n) is 16.6. The van der Waals surface area contributed by atoms with Gasteiger partial charge in [0.25, 0.3) is 5.56 Å². The fourth-order valence-electron chi connectivity index (χ4n) is 2.86. The topological polar surface area (TPSA) is 149 Å². The first-order valence-electron chi connectivity index (χ1n) is 9.34. The van der Waals surface area contributed by atoms with Crippen molar-refractivity contribution in [2.24, 2.45) is 0 Å². The molecular formula is C18H20ClIN3O8P. The van der Waals surface area contributed by atoms with Gasteiger partial charge in [0, 0.05) is 12.6 Å². The standard InChI is InChI=1S/C18H20ClIN3O8P/c1-10(16(25)26)22-32(28,31-11-5-3-2-4-6-11)9-29-17-13(20)7-14(30-17)23-8-12(19)15(24)21-18(23)27/h2-6,8,10,13-14,17H,7,9H2,1H3,(H,22,28)(H,25,26)(H,21,24,27)/t10-,13-,14+,17-,32?/m0/s1. The van der Waals surface area contributed by atoms with Crippen LogP contribution in [0.2, 0.25) is 5.02 Å². The Morgan fingerprint density at radius 2 is 2.12 bits per heavy atom. The number of alkyl halides is 1. The molecular weight excluding hydrogens is 580 g/mol. The summed E-state index contributed by atoms with van der Waals surface area (Å²) in [6, 6.07) is 7.10. The average Bonchev–Trinajstić information content (AvgIpc) is 3.10. The Bertz CT molecular complexity index is 1130. The lowest BCUT2D eigenvalue weighted by molar-refractivity contribution is -0.139. The molecule has 0 saturated carbocycles. The highest BCUT2D eigenvalue weighted by atomic mass is 127. The van der Waals surface area contributed by atoms with Crippen LogP contribution in [0, 0.1) is 0 Å². The van der Waals surface area contributed by atoms with Crippen LogP contribution in [0.1, 0.15) is 19.6 Å². The van der Waals surface area contributed by atoms with Crippen LogP contribution >= 0.6 is 41.7 Å². The van der Waals surface area contributed by atoms with Crippen LogP contribution in [0.25, 0.3) is 0 Å². The highest BCUT2D eigenvalue weighted by molar-refractivity contribution is 14.1. The van der Waals surface area contributed by atoms with Gasteiger partial charge in [-0.3, -0.25) is 23.7 Å². The van der Waals surface area contributed by atoms with Crippen LogP contribution in [0.4, 0.5) is 0 Å². The number of H-pyrrole nitrogens is 1. The van der Waals surface area contributed by atoms with Crippen LogP contribution in [-0.2, 0) is 18.8 Å². The Morgan fingerprint density at radius 1 is 1.44 bits per heavy atom. The van der Waals surface area contributed by atoms with Gasteiger partial charge < -0.3 is 19.1 Å². The second-order valence-corrected chi connectivity index (χ2v) is 11.0. The van der Waals surface area contributed by atoms with Crippen molar-refractivity contribution >= 4 is 47.7 Å². The minimum atomic E-state index is -3.82. The lowest BCUT2D eigenvalue weighted by atomic mass is 10.3. The Kier molecular flexibility index (Phi) is 8.17. The molecule has 3 rings (SSSR count). The maximum atomic E-state index is 13.4. The quantitative estimate of drug-likeness (QED) is 0.225. The van der Waals surface area contributed by atoms with Gasteiger partial charge in [-0.25, -0.2) is 9.88 Å². The number of aliphatic carboxylic acids is 1. The fourth-order valence-corrected chi connectivity index (χ4v) is 5.51. The third kappa shape index (κ3) is 6.21. The minimum absolute atomic E-state index is 0.171.